The van der Waals surface area contributed by atoms with Gasteiger partial charge in [-0.15, -0.1) is 0 Å². The molecule has 0 saturated carbocycles. The Kier molecular flexibility index (Phi) is 4.93. The summed E-state index contributed by atoms with van der Waals surface area (Å²) in [6, 6.07) is 12.3. The second-order valence-corrected chi connectivity index (χ2v) is 5.76. The number of halogens is 4. The number of imidazole rings is 1. The minimum atomic E-state index is -4.23. The lowest BCUT2D eigenvalue weighted by molar-refractivity contribution is -0.148. The molecule has 3 aromatic rings. The molecule has 0 fully saturated rings. The van der Waals surface area contributed by atoms with Gasteiger partial charge in [0.05, 0.1) is 11.4 Å². The molecule has 0 aliphatic carbocycles. The molecule has 3 rings (SSSR count). The Morgan fingerprint density at radius 3 is 1.89 bits per heavy atom. The van der Waals surface area contributed by atoms with Crippen molar-refractivity contribution in [2.75, 3.05) is 12.3 Å². The molecule has 9 heteroatoms. The van der Waals surface area contributed by atoms with E-state index in [0.29, 0.717) is 17.1 Å². The number of alkyl halides is 4. The molecule has 2 N–H and O–H groups in total. The average molecular weight is 381 g/mol. The maximum atomic E-state index is 12.9. The highest BCUT2D eigenvalue weighted by Crippen LogP contribution is 2.24. The predicted octanol–water partition coefficient (Wildman–Crippen LogP) is 3.49. The molecular formula is C18H15F4N3O2. The highest BCUT2D eigenvalue weighted by Gasteiger charge is 2.41. The zero-order chi connectivity index (χ0) is 19.6. The fourth-order valence-corrected chi connectivity index (χ4v) is 2.35. The third kappa shape index (κ3) is 3.97. The molecule has 0 amide bonds. The number of aromatic nitrogens is 2. The third-order valence-electron chi connectivity index (χ3n) is 3.81. The van der Waals surface area contributed by atoms with Crippen molar-refractivity contribution in [1.82, 2.24) is 9.13 Å². The van der Waals surface area contributed by atoms with E-state index in [9.17, 15) is 22.4 Å². The van der Waals surface area contributed by atoms with Gasteiger partial charge in [0.15, 0.2) is 6.61 Å². The molecule has 0 unspecified atom stereocenters. The standard InChI is InChI=1S/C18H15F4N3O2/c19-16(20)18(21,22)11-27-15-7-5-14(6-8-15)25-10-9-24(17(25)26)13-3-1-12(23)2-4-13/h1-10,16H,11,23H2. The van der Waals surface area contributed by atoms with E-state index in [1.54, 1.807) is 36.7 Å². The average Bonchev–Trinajstić information content (AvgIpc) is 3.02. The highest BCUT2D eigenvalue weighted by atomic mass is 19.3. The van der Waals surface area contributed by atoms with Gasteiger partial charge in [-0.3, -0.25) is 9.13 Å². The first-order chi connectivity index (χ1) is 12.8. The van der Waals surface area contributed by atoms with Crippen LogP contribution >= 0.6 is 0 Å². The second-order valence-electron chi connectivity index (χ2n) is 5.76. The van der Waals surface area contributed by atoms with Gasteiger partial charge in [0.25, 0.3) is 0 Å². The molecule has 142 valence electrons. The molecule has 1 heterocycles. The number of anilines is 1. The summed E-state index contributed by atoms with van der Waals surface area (Å²) in [7, 11) is 0. The van der Waals surface area contributed by atoms with E-state index in [1.807, 2.05) is 0 Å². The van der Waals surface area contributed by atoms with Crippen molar-refractivity contribution < 1.29 is 22.3 Å². The Hall–Kier alpha value is -3.23. The van der Waals surface area contributed by atoms with Gasteiger partial charge < -0.3 is 10.5 Å². The zero-order valence-corrected chi connectivity index (χ0v) is 13.9. The summed E-state index contributed by atoms with van der Waals surface area (Å²) in [5.41, 5.74) is 6.93. The molecule has 27 heavy (non-hydrogen) atoms. The minimum absolute atomic E-state index is 0.00917. The van der Waals surface area contributed by atoms with Crippen LogP contribution in [0.3, 0.4) is 0 Å². The molecule has 1 aromatic heterocycles. The Balaban J connectivity index is 1.78. The van der Waals surface area contributed by atoms with Crippen LogP contribution in [0.25, 0.3) is 11.4 Å². The van der Waals surface area contributed by atoms with Crippen LogP contribution in [0, 0.1) is 0 Å². The van der Waals surface area contributed by atoms with Crippen LogP contribution in [0.1, 0.15) is 0 Å². The van der Waals surface area contributed by atoms with E-state index in [0.717, 1.165) is 0 Å². The summed E-state index contributed by atoms with van der Waals surface area (Å²) < 4.78 is 57.5. The summed E-state index contributed by atoms with van der Waals surface area (Å²) in [4.78, 5) is 12.6. The molecule has 0 spiro atoms. The number of ether oxygens (including phenoxy) is 1. The van der Waals surface area contributed by atoms with Crippen LogP contribution in [-0.4, -0.2) is 28.1 Å². The lowest BCUT2D eigenvalue weighted by atomic mass is 10.3. The molecule has 2 aromatic carbocycles. The van der Waals surface area contributed by atoms with Crippen molar-refractivity contribution >= 4 is 5.69 Å². The quantitative estimate of drug-likeness (QED) is 0.525. The smallest absolute Gasteiger partial charge is 0.340 e. The van der Waals surface area contributed by atoms with Crippen LogP contribution in [0.15, 0.2) is 65.7 Å². The van der Waals surface area contributed by atoms with Gasteiger partial charge in [0.2, 0.25) is 0 Å². The summed E-state index contributed by atoms with van der Waals surface area (Å²) >= 11 is 0. The van der Waals surface area contributed by atoms with Crippen LogP contribution < -0.4 is 16.2 Å². The Morgan fingerprint density at radius 1 is 0.926 bits per heavy atom. The third-order valence-corrected chi connectivity index (χ3v) is 3.81. The summed E-state index contributed by atoms with van der Waals surface area (Å²) in [6.45, 7) is -1.43. The van der Waals surface area contributed by atoms with E-state index < -0.39 is 19.0 Å². The van der Waals surface area contributed by atoms with Crippen molar-refractivity contribution in [2.45, 2.75) is 12.3 Å². The SMILES string of the molecule is Nc1ccc(-n2ccn(-c3ccc(OCC(F)(F)C(F)F)cc3)c2=O)cc1. The number of hydrogen-bond acceptors (Lipinski definition) is 3. The molecule has 5 nitrogen and oxygen atoms in total. The Labute approximate surface area is 151 Å². The normalized spacial score (nSPS) is 11.7. The number of rotatable bonds is 6. The molecule has 0 aliphatic heterocycles. The first-order valence-corrected chi connectivity index (χ1v) is 7.83. The first-order valence-electron chi connectivity index (χ1n) is 7.83. The van der Waals surface area contributed by atoms with Crippen LogP contribution in [0.4, 0.5) is 23.2 Å². The van der Waals surface area contributed by atoms with E-state index in [1.165, 1.54) is 33.4 Å². The van der Waals surface area contributed by atoms with Crippen LogP contribution in [0.2, 0.25) is 0 Å². The van der Waals surface area contributed by atoms with Gasteiger partial charge in [-0.05, 0) is 48.5 Å². The second kappa shape index (κ2) is 7.18. The zero-order valence-electron chi connectivity index (χ0n) is 13.9. The largest absolute Gasteiger partial charge is 0.487 e. The lowest BCUT2D eigenvalue weighted by Gasteiger charge is -2.16. The number of benzene rings is 2. The van der Waals surface area contributed by atoms with Gasteiger partial charge in [-0.1, -0.05) is 0 Å². The fraction of sp³-hybridized carbons (Fsp3) is 0.167. The summed E-state index contributed by atoms with van der Waals surface area (Å²) in [5, 5.41) is 0. The van der Waals surface area contributed by atoms with Gasteiger partial charge in [0.1, 0.15) is 5.75 Å². The van der Waals surface area contributed by atoms with Crippen LogP contribution in [-0.2, 0) is 0 Å². The number of nitrogens with zero attached hydrogens (tertiary/aromatic N) is 2. The topological polar surface area (TPSA) is 62.2 Å². The van der Waals surface area contributed by atoms with Gasteiger partial charge in [-0.2, -0.15) is 8.78 Å². The summed E-state index contributed by atoms with van der Waals surface area (Å²) in [6.07, 6.45) is -0.690. The summed E-state index contributed by atoms with van der Waals surface area (Å²) in [5.74, 6) is -4.24. The Morgan fingerprint density at radius 2 is 1.41 bits per heavy atom. The predicted molar refractivity (Wildman–Crippen MR) is 92.2 cm³/mol. The van der Waals surface area contributed by atoms with Crippen molar-refractivity contribution in [3.8, 4) is 17.1 Å². The molecule has 0 atom stereocenters. The van der Waals surface area contributed by atoms with Crippen molar-refractivity contribution in [3.63, 3.8) is 0 Å². The molecule has 0 saturated heterocycles. The van der Waals surface area contributed by atoms with E-state index >= 15 is 0 Å². The van der Waals surface area contributed by atoms with Crippen molar-refractivity contribution in [1.29, 1.82) is 0 Å². The monoisotopic (exact) mass is 381 g/mol. The number of nitrogen functional groups attached to an aromatic ring is 1. The van der Waals surface area contributed by atoms with Gasteiger partial charge in [0, 0.05) is 18.1 Å². The van der Waals surface area contributed by atoms with Crippen molar-refractivity contribution in [2.24, 2.45) is 0 Å². The van der Waals surface area contributed by atoms with Crippen LogP contribution in [0.5, 0.6) is 5.75 Å². The highest BCUT2D eigenvalue weighted by molar-refractivity contribution is 5.45. The van der Waals surface area contributed by atoms with E-state index in [2.05, 4.69) is 0 Å². The van der Waals surface area contributed by atoms with E-state index in [4.69, 9.17) is 10.5 Å². The van der Waals surface area contributed by atoms with Gasteiger partial charge in [-0.25, -0.2) is 13.6 Å². The molecule has 0 bridgehead atoms. The Bertz CT molecular complexity index is 964. The number of hydrogen-bond donors (Lipinski definition) is 1. The lowest BCUT2D eigenvalue weighted by Crippen LogP contribution is -2.33. The molecule has 0 radical (unpaired) electrons. The minimum Gasteiger partial charge on any atom is -0.487 e. The van der Waals surface area contributed by atoms with E-state index in [-0.39, 0.29) is 11.4 Å². The van der Waals surface area contributed by atoms with Gasteiger partial charge >= 0.3 is 18.0 Å². The maximum absolute atomic E-state index is 12.9. The molecule has 0 aliphatic rings. The molecular weight excluding hydrogens is 366 g/mol. The first kappa shape index (κ1) is 18.6. The fourth-order valence-electron chi connectivity index (χ4n) is 2.35. The maximum Gasteiger partial charge on any atom is 0.340 e. The number of nitrogens with two attached hydrogens (primary N) is 1. The van der Waals surface area contributed by atoms with Crippen molar-refractivity contribution in [3.05, 3.63) is 71.4 Å².